The first kappa shape index (κ1) is 31.7. The Kier molecular flexibility index (Phi) is 11.9. The summed E-state index contributed by atoms with van der Waals surface area (Å²) in [5, 5.41) is 14.2. The molecule has 3 aromatic rings. The number of amides is 4. The number of benzene rings is 3. The Hall–Kier alpha value is -4.86. The zero-order valence-corrected chi connectivity index (χ0v) is 24.2. The van der Waals surface area contributed by atoms with E-state index in [0.29, 0.717) is 29.2 Å². The molecule has 0 bridgehead atoms. The van der Waals surface area contributed by atoms with Gasteiger partial charge in [-0.15, -0.1) is 0 Å². The zero-order valence-electron chi connectivity index (χ0n) is 24.2. The van der Waals surface area contributed by atoms with Gasteiger partial charge in [-0.3, -0.25) is 14.4 Å². The van der Waals surface area contributed by atoms with Crippen molar-refractivity contribution in [2.75, 3.05) is 41.9 Å². The van der Waals surface area contributed by atoms with Crippen molar-refractivity contribution < 1.29 is 29.0 Å². The largest absolute Gasteiger partial charge is 0.482 e. The second-order valence-electron chi connectivity index (χ2n) is 9.81. The van der Waals surface area contributed by atoms with Crippen LogP contribution in [0.3, 0.4) is 0 Å². The minimum atomic E-state index is -0.975. The van der Waals surface area contributed by atoms with Crippen LogP contribution in [-0.4, -0.2) is 55.7 Å². The Bertz CT molecular complexity index is 1360. The molecule has 10 heteroatoms. The summed E-state index contributed by atoms with van der Waals surface area (Å²) in [4.78, 5) is 53.0. The van der Waals surface area contributed by atoms with Crippen LogP contribution in [0.25, 0.3) is 0 Å². The molecule has 0 saturated heterocycles. The van der Waals surface area contributed by atoms with Crippen LogP contribution in [0.1, 0.15) is 32.3 Å². The van der Waals surface area contributed by atoms with Crippen LogP contribution in [0.5, 0.6) is 5.75 Å². The molecular weight excluding hydrogens is 536 g/mol. The van der Waals surface area contributed by atoms with Gasteiger partial charge in [-0.25, -0.2) is 4.79 Å². The number of likely N-dealkylation sites (N-methyl/N-ethyl adjacent to an activating group) is 1. The normalized spacial score (nSPS) is 10.6. The lowest BCUT2D eigenvalue weighted by Crippen LogP contribution is -2.43. The van der Waals surface area contributed by atoms with Crippen LogP contribution < -0.4 is 25.2 Å². The van der Waals surface area contributed by atoms with Crippen LogP contribution in [0.4, 0.5) is 21.9 Å². The summed E-state index contributed by atoms with van der Waals surface area (Å²) in [5.41, 5.74) is 2.20. The summed E-state index contributed by atoms with van der Waals surface area (Å²) >= 11 is 0. The van der Waals surface area contributed by atoms with Gasteiger partial charge in [0.1, 0.15) is 5.75 Å². The highest BCUT2D eigenvalue weighted by Gasteiger charge is 2.23. The number of carboxylic acids is 1. The molecule has 3 N–H and O–H groups in total. The number of nitrogens with zero attached hydrogens (tertiary/aromatic N) is 2. The number of carboxylic acid groups (broad SMARTS) is 1. The Morgan fingerprint density at radius 2 is 1.57 bits per heavy atom. The maximum atomic E-state index is 13.5. The van der Waals surface area contributed by atoms with Crippen LogP contribution in [0.15, 0.2) is 78.9 Å². The van der Waals surface area contributed by atoms with E-state index in [1.54, 1.807) is 60.5 Å². The third kappa shape index (κ3) is 9.36. The van der Waals surface area contributed by atoms with Crippen LogP contribution in [-0.2, 0) is 20.8 Å². The molecule has 0 fully saturated rings. The van der Waals surface area contributed by atoms with Crippen LogP contribution in [0, 0.1) is 5.92 Å². The minimum absolute atomic E-state index is 0.170. The van der Waals surface area contributed by atoms with Crippen molar-refractivity contribution in [2.45, 2.75) is 33.1 Å². The average molecular weight is 575 g/mol. The molecule has 0 aromatic heterocycles. The molecule has 0 spiro atoms. The summed E-state index contributed by atoms with van der Waals surface area (Å²) < 4.78 is 5.94. The first-order valence-corrected chi connectivity index (χ1v) is 13.9. The number of carbonyl (C=O) groups excluding carboxylic acids is 3. The fourth-order valence-corrected chi connectivity index (χ4v) is 4.33. The molecule has 0 atom stereocenters. The number of aliphatic carboxylic acids is 1. The van der Waals surface area contributed by atoms with E-state index in [0.717, 1.165) is 18.5 Å². The van der Waals surface area contributed by atoms with Crippen molar-refractivity contribution in [2.24, 2.45) is 5.92 Å². The van der Waals surface area contributed by atoms with E-state index in [-0.39, 0.29) is 37.3 Å². The van der Waals surface area contributed by atoms with E-state index < -0.39 is 12.0 Å². The number of carbonyl (C=O) groups is 4. The third-order valence-electron chi connectivity index (χ3n) is 6.86. The third-order valence-corrected chi connectivity index (χ3v) is 6.86. The highest BCUT2D eigenvalue weighted by molar-refractivity contribution is 5.99. The molecule has 4 amide bonds. The zero-order chi connectivity index (χ0) is 30.5. The molecule has 3 aromatic carbocycles. The summed E-state index contributed by atoms with van der Waals surface area (Å²) in [5.74, 6) is -0.985. The summed E-state index contributed by atoms with van der Waals surface area (Å²) in [6.45, 7) is 4.01. The van der Waals surface area contributed by atoms with Crippen LogP contribution in [0.2, 0.25) is 0 Å². The number of para-hydroxylation sites is 3. The molecule has 10 nitrogen and oxygen atoms in total. The Balaban J connectivity index is 1.71. The van der Waals surface area contributed by atoms with Gasteiger partial charge in [0.2, 0.25) is 5.91 Å². The predicted octanol–water partition coefficient (Wildman–Crippen LogP) is 4.95. The molecule has 3 rings (SSSR count). The van der Waals surface area contributed by atoms with Gasteiger partial charge in [-0.1, -0.05) is 69.2 Å². The van der Waals surface area contributed by atoms with Gasteiger partial charge in [0.15, 0.2) is 6.61 Å². The number of hydrogen-bond donors (Lipinski definition) is 3. The maximum absolute atomic E-state index is 13.5. The highest BCUT2D eigenvalue weighted by Crippen LogP contribution is 2.30. The van der Waals surface area contributed by atoms with Crippen LogP contribution >= 0.6 is 0 Å². The van der Waals surface area contributed by atoms with Gasteiger partial charge in [0.05, 0.1) is 18.7 Å². The molecule has 0 heterocycles. The highest BCUT2D eigenvalue weighted by atomic mass is 16.5. The molecule has 222 valence electrons. The fraction of sp³-hybridized carbons (Fsp3) is 0.312. The molecule has 0 aliphatic heterocycles. The first-order valence-electron chi connectivity index (χ1n) is 13.9. The van der Waals surface area contributed by atoms with Gasteiger partial charge < -0.3 is 30.3 Å². The van der Waals surface area contributed by atoms with E-state index in [4.69, 9.17) is 9.84 Å². The molecule has 0 aliphatic carbocycles. The smallest absolute Gasteiger partial charge is 0.319 e. The Labute approximate surface area is 246 Å². The molecule has 0 saturated carbocycles. The van der Waals surface area contributed by atoms with Crippen molar-refractivity contribution in [1.29, 1.82) is 0 Å². The summed E-state index contributed by atoms with van der Waals surface area (Å²) in [6, 6.07) is 22.2. The first-order chi connectivity index (χ1) is 20.2. The Morgan fingerprint density at radius 1 is 0.881 bits per heavy atom. The molecule has 0 radical (unpaired) electrons. The van der Waals surface area contributed by atoms with Gasteiger partial charge >= 0.3 is 12.0 Å². The molecule has 0 unspecified atom stereocenters. The second kappa shape index (κ2) is 15.8. The standard InChI is InChI=1S/C32H38N4O6/c1-4-23(5-2)21-36(29(37)20-33-32(41)34-25-13-11-12-24(18-25)19-31(39)40)27-16-9-10-17-28(27)42-22-30(38)35(3)26-14-7-6-8-15-26/h6-18,23H,4-5,19-22H2,1-3H3,(H,39,40)(H2,33,34,41). The average Bonchev–Trinajstić information content (AvgIpc) is 2.99. The number of urea groups is 1. The molecule has 42 heavy (non-hydrogen) atoms. The number of rotatable bonds is 14. The van der Waals surface area contributed by atoms with Gasteiger partial charge in [-0.2, -0.15) is 0 Å². The van der Waals surface area contributed by atoms with Gasteiger partial charge in [-0.05, 0) is 47.9 Å². The minimum Gasteiger partial charge on any atom is -0.482 e. The molecule has 0 aliphatic rings. The van der Waals surface area contributed by atoms with Crippen molar-refractivity contribution in [1.82, 2.24) is 5.32 Å². The SMILES string of the molecule is CCC(CC)CN(C(=O)CNC(=O)Nc1cccc(CC(=O)O)c1)c1ccccc1OCC(=O)N(C)c1ccccc1. The number of anilines is 3. The lowest BCUT2D eigenvalue weighted by Gasteiger charge is -2.29. The predicted molar refractivity (Wildman–Crippen MR) is 163 cm³/mol. The number of nitrogens with one attached hydrogen (secondary N) is 2. The van der Waals surface area contributed by atoms with Gasteiger partial charge in [0, 0.05) is 25.0 Å². The van der Waals surface area contributed by atoms with E-state index in [9.17, 15) is 19.2 Å². The monoisotopic (exact) mass is 574 g/mol. The molecular formula is C32H38N4O6. The van der Waals surface area contributed by atoms with Crippen molar-refractivity contribution in [3.05, 3.63) is 84.4 Å². The van der Waals surface area contributed by atoms with E-state index in [1.165, 1.54) is 4.90 Å². The topological polar surface area (TPSA) is 128 Å². The lowest BCUT2D eigenvalue weighted by atomic mass is 10.0. The van der Waals surface area contributed by atoms with E-state index >= 15 is 0 Å². The van der Waals surface area contributed by atoms with E-state index in [1.807, 2.05) is 30.3 Å². The lowest BCUT2D eigenvalue weighted by molar-refractivity contribution is -0.136. The quantitative estimate of drug-likeness (QED) is 0.250. The fourth-order valence-electron chi connectivity index (χ4n) is 4.33. The van der Waals surface area contributed by atoms with Gasteiger partial charge in [0.25, 0.3) is 5.91 Å². The van der Waals surface area contributed by atoms with E-state index in [2.05, 4.69) is 24.5 Å². The summed E-state index contributed by atoms with van der Waals surface area (Å²) in [6.07, 6.45) is 1.53. The van der Waals surface area contributed by atoms with Crippen molar-refractivity contribution in [3.63, 3.8) is 0 Å². The number of ether oxygens (including phenoxy) is 1. The summed E-state index contributed by atoms with van der Waals surface area (Å²) in [7, 11) is 1.68. The van der Waals surface area contributed by atoms with Crippen molar-refractivity contribution >= 4 is 40.9 Å². The number of hydrogen-bond acceptors (Lipinski definition) is 5. The second-order valence-corrected chi connectivity index (χ2v) is 9.81. The maximum Gasteiger partial charge on any atom is 0.319 e. The van der Waals surface area contributed by atoms with Crippen molar-refractivity contribution in [3.8, 4) is 5.75 Å². The Morgan fingerprint density at radius 3 is 2.26 bits per heavy atom.